The van der Waals surface area contributed by atoms with E-state index in [1.807, 2.05) is 0 Å². The summed E-state index contributed by atoms with van der Waals surface area (Å²) in [4.78, 5) is 8.37. The third-order valence-electron chi connectivity index (χ3n) is 4.60. The number of ether oxygens (including phenoxy) is 1. The van der Waals surface area contributed by atoms with E-state index in [0.717, 1.165) is 0 Å². The number of hydrogen-bond donors (Lipinski definition) is 2. The molecule has 29 heavy (non-hydrogen) atoms. The molecule has 1 fully saturated rings. The molecule has 0 aliphatic carbocycles. The van der Waals surface area contributed by atoms with Crippen molar-refractivity contribution in [3.8, 4) is 11.4 Å². The Bertz CT molecular complexity index is 1010. The molecule has 0 saturated carbocycles. The third-order valence-corrected chi connectivity index (χ3v) is 4.90. The van der Waals surface area contributed by atoms with Crippen LogP contribution in [-0.4, -0.2) is 56.2 Å². The molecule has 0 aromatic carbocycles. The van der Waals surface area contributed by atoms with Crippen LogP contribution in [0.5, 0.6) is 0 Å². The number of halogens is 4. The van der Waals surface area contributed by atoms with Crippen molar-refractivity contribution in [1.82, 2.24) is 19.6 Å². The van der Waals surface area contributed by atoms with Gasteiger partial charge in [0, 0.05) is 12.8 Å². The molecule has 3 aromatic heterocycles. The molecule has 7 nitrogen and oxygen atoms in total. The van der Waals surface area contributed by atoms with Crippen molar-refractivity contribution < 1.29 is 23.0 Å². The highest BCUT2D eigenvalue weighted by molar-refractivity contribution is 6.34. The van der Waals surface area contributed by atoms with Gasteiger partial charge >= 0.3 is 6.18 Å². The molecule has 2 atom stereocenters. The first kappa shape index (κ1) is 19.9. The maximum Gasteiger partial charge on any atom is 0.393 e. The van der Waals surface area contributed by atoms with Gasteiger partial charge in [0.05, 0.1) is 47.8 Å². The smallest absolute Gasteiger partial charge is 0.389 e. The molecule has 154 valence electrons. The predicted octanol–water partition coefficient (Wildman–Crippen LogP) is 3.11. The van der Waals surface area contributed by atoms with Gasteiger partial charge in [0.25, 0.3) is 0 Å². The Labute approximate surface area is 168 Å². The summed E-state index contributed by atoms with van der Waals surface area (Å²) in [6, 6.07) is 4.25. The van der Waals surface area contributed by atoms with E-state index in [9.17, 15) is 18.3 Å². The Hall–Kier alpha value is -2.43. The summed E-state index contributed by atoms with van der Waals surface area (Å²) in [5, 5.41) is 17.9. The number of hydrogen-bond acceptors (Lipinski definition) is 6. The topological polar surface area (TPSA) is 84.6 Å². The number of aliphatic hydroxyl groups is 1. The Morgan fingerprint density at radius 2 is 2.10 bits per heavy atom. The standard InChI is InChI=1S/C18H17ClF3N5O2/c19-11-5-14(12-2-1-10(7-23-12)6-18(20,21)22)27-15(11)8-24-17(26-27)25-13-3-4-29-9-16(13)28/h1-2,5,7-8,13,16,28H,3-4,6,9H2,(H,25,26)/t13-,16-/m1/s1. The first-order chi connectivity index (χ1) is 13.8. The number of aliphatic hydroxyl groups excluding tert-OH is 1. The van der Waals surface area contributed by atoms with E-state index in [-0.39, 0.29) is 24.2 Å². The third kappa shape index (κ3) is 4.44. The zero-order valence-corrected chi connectivity index (χ0v) is 15.8. The van der Waals surface area contributed by atoms with Crippen LogP contribution in [0, 0.1) is 0 Å². The number of nitrogens with zero attached hydrogens (tertiary/aromatic N) is 4. The van der Waals surface area contributed by atoms with Gasteiger partial charge in [0.15, 0.2) is 0 Å². The molecule has 1 aliphatic heterocycles. The molecule has 11 heteroatoms. The number of fused-ring (bicyclic) bond motifs is 1. The van der Waals surface area contributed by atoms with Gasteiger partial charge in [-0.05, 0) is 24.1 Å². The first-order valence-corrected chi connectivity index (χ1v) is 9.26. The summed E-state index contributed by atoms with van der Waals surface area (Å²) in [5.41, 5.74) is 1.54. The molecule has 0 amide bonds. The van der Waals surface area contributed by atoms with Crippen LogP contribution in [0.1, 0.15) is 12.0 Å². The number of nitrogens with one attached hydrogen (secondary N) is 1. The predicted molar refractivity (Wildman–Crippen MR) is 99.8 cm³/mol. The average Bonchev–Trinajstić information content (AvgIpc) is 2.99. The van der Waals surface area contributed by atoms with Crippen LogP contribution >= 0.6 is 11.6 Å². The van der Waals surface area contributed by atoms with E-state index in [2.05, 4.69) is 20.4 Å². The van der Waals surface area contributed by atoms with Gasteiger partial charge in [-0.2, -0.15) is 13.2 Å². The lowest BCUT2D eigenvalue weighted by Crippen LogP contribution is -2.42. The molecule has 0 bridgehead atoms. The van der Waals surface area contributed by atoms with Crippen LogP contribution in [0.15, 0.2) is 30.6 Å². The van der Waals surface area contributed by atoms with E-state index in [1.165, 1.54) is 29.0 Å². The lowest BCUT2D eigenvalue weighted by atomic mass is 10.1. The van der Waals surface area contributed by atoms with Crippen molar-refractivity contribution in [3.05, 3.63) is 41.2 Å². The summed E-state index contributed by atoms with van der Waals surface area (Å²) in [6.07, 6.45) is -2.70. The van der Waals surface area contributed by atoms with Gasteiger partial charge in [-0.15, -0.1) is 5.10 Å². The zero-order chi connectivity index (χ0) is 20.6. The molecule has 1 aliphatic rings. The van der Waals surface area contributed by atoms with Gasteiger partial charge in [-0.1, -0.05) is 17.7 Å². The second-order valence-electron chi connectivity index (χ2n) is 6.78. The lowest BCUT2D eigenvalue weighted by Gasteiger charge is -2.28. The summed E-state index contributed by atoms with van der Waals surface area (Å²) < 4.78 is 44.4. The molecule has 0 spiro atoms. The maximum absolute atomic E-state index is 12.5. The molecule has 2 N–H and O–H groups in total. The minimum Gasteiger partial charge on any atom is -0.389 e. The first-order valence-electron chi connectivity index (χ1n) is 8.89. The van der Waals surface area contributed by atoms with Crippen LogP contribution in [-0.2, 0) is 11.2 Å². The van der Waals surface area contributed by atoms with Crippen molar-refractivity contribution in [2.75, 3.05) is 18.5 Å². The van der Waals surface area contributed by atoms with Crippen molar-refractivity contribution in [2.24, 2.45) is 0 Å². The fourth-order valence-electron chi connectivity index (χ4n) is 3.17. The van der Waals surface area contributed by atoms with Crippen molar-refractivity contribution in [1.29, 1.82) is 0 Å². The highest BCUT2D eigenvalue weighted by Gasteiger charge is 2.28. The Morgan fingerprint density at radius 3 is 2.79 bits per heavy atom. The monoisotopic (exact) mass is 427 g/mol. The zero-order valence-electron chi connectivity index (χ0n) is 15.0. The minimum atomic E-state index is -4.29. The molecule has 4 rings (SSSR count). The van der Waals surface area contributed by atoms with E-state index in [1.54, 1.807) is 6.07 Å². The molecule has 4 heterocycles. The fourth-order valence-corrected chi connectivity index (χ4v) is 3.40. The summed E-state index contributed by atoms with van der Waals surface area (Å²) in [5.74, 6) is 0.283. The van der Waals surface area contributed by atoms with Gasteiger partial charge < -0.3 is 15.2 Å². The number of rotatable bonds is 4. The summed E-state index contributed by atoms with van der Waals surface area (Å²) in [7, 11) is 0. The van der Waals surface area contributed by atoms with Crippen LogP contribution in [0.2, 0.25) is 5.02 Å². The lowest BCUT2D eigenvalue weighted by molar-refractivity contribution is -0.127. The van der Waals surface area contributed by atoms with Crippen LogP contribution in [0.25, 0.3) is 16.9 Å². The number of anilines is 1. The Kier molecular flexibility index (Phi) is 5.32. The summed E-state index contributed by atoms with van der Waals surface area (Å²) >= 11 is 6.26. The largest absolute Gasteiger partial charge is 0.393 e. The Balaban J connectivity index is 1.64. The van der Waals surface area contributed by atoms with Gasteiger partial charge in [0.2, 0.25) is 5.95 Å². The molecular weight excluding hydrogens is 411 g/mol. The number of alkyl halides is 3. The van der Waals surface area contributed by atoms with Gasteiger partial charge in [-0.3, -0.25) is 4.98 Å². The minimum absolute atomic E-state index is 0.0682. The molecule has 0 unspecified atom stereocenters. The van der Waals surface area contributed by atoms with Crippen molar-refractivity contribution in [2.45, 2.75) is 31.2 Å². The van der Waals surface area contributed by atoms with Crippen molar-refractivity contribution >= 4 is 23.1 Å². The van der Waals surface area contributed by atoms with Crippen molar-refractivity contribution in [3.63, 3.8) is 0 Å². The second-order valence-corrected chi connectivity index (χ2v) is 7.19. The van der Waals surface area contributed by atoms with E-state index in [0.29, 0.717) is 35.0 Å². The van der Waals surface area contributed by atoms with Crippen LogP contribution < -0.4 is 5.32 Å². The second kappa shape index (κ2) is 7.77. The van der Waals surface area contributed by atoms with Gasteiger partial charge in [0.1, 0.15) is 5.52 Å². The van der Waals surface area contributed by atoms with Crippen LogP contribution in [0.3, 0.4) is 0 Å². The number of pyridine rings is 1. The Morgan fingerprint density at radius 1 is 1.28 bits per heavy atom. The highest BCUT2D eigenvalue weighted by atomic mass is 35.5. The van der Waals surface area contributed by atoms with Gasteiger partial charge in [-0.25, -0.2) is 9.50 Å². The van der Waals surface area contributed by atoms with E-state index in [4.69, 9.17) is 16.3 Å². The molecule has 1 saturated heterocycles. The number of aromatic nitrogens is 4. The quantitative estimate of drug-likeness (QED) is 0.665. The molecule has 0 radical (unpaired) electrons. The molecular formula is C18H17ClF3N5O2. The SMILES string of the molecule is O[C@@H]1COCC[C@H]1Nc1ncc2c(Cl)cc(-c3ccc(CC(F)(F)F)cn3)n2n1. The normalized spacial score (nSPS) is 20.2. The van der Waals surface area contributed by atoms with E-state index >= 15 is 0 Å². The van der Waals surface area contributed by atoms with E-state index < -0.39 is 18.7 Å². The maximum atomic E-state index is 12.5. The van der Waals surface area contributed by atoms with Crippen LogP contribution in [0.4, 0.5) is 19.1 Å². The highest BCUT2D eigenvalue weighted by Crippen LogP contribution is 2.29. The average molecular weight is 428 g/mol. The molecule has 3 aromatic rings. The fraction of sp³-hybridized carbons (Fsp3) is 0.389. The summed E-state index contributed by atoms with van der Waals surface area (Å²) in [6.45, 7) is 0.750.